The molecule has 3 aromatic rings. The van der Waals surface area contributed by atoms with Crippen molar-refractivity contribution in [1.82, 2.24) is 9.78 Å². The third-order valence-corrected chi connectivity index (χ3v) is 3.73. The van der Waals surface area contributed by atoms with E-state index in [-0.39, 0.29) is 11.3 Å². The number of ether oxygens (including phenoxy) is 1. The fourth-order valence-electron chi connectivity index (χ4n) is 2.50. The number of benzene rings is 2. The van der Waals surface area contributed by atoms with Crippen molar-refractivity contribution in [3.8, 4) is 17.0 Å². The Morgan fingerprint density at radius 1 is 1.00 bits per heavy atom. The predicted octanol–water partition coefficient (Wildman–Crippen LogP) is 2.69. The second-order valence-corrected chi connectivity index (χ2v) is 5.27. The predicted molar refractivity (Wildman–Crippen MR) is 91.3 cm³/mol. The largest absolute Gasteiger partial charge is 0.496 e. The number of ketones is 1. The molecule has 0 amide bonds. The Labute approximate surface area is 139 Å². The van der Waals surface area contributed by atoms with E-state index in [1.165, 1.54) is 24.9 Å². The van der Waals surface area contributed by atoms with Crippen LogP contribution >= 0.6 is 0 Å². The number of carbonyl (C=O) groups excluding carboxylic acids is 1. The Morgan fingerprint density at radius 2 is 1.67 bits per heavy atom. The number of rotatable bonds is 4. The summed E-state index contributed by atoms with van der Waals surface area (Å²) in [5, 5.41) is 4.24. The van der Waals surface area contributed by atoms with Crippen LogP contribution in [0.4, 0.5) is 0 Å². The number of hydrogen-bond donors (Lipinski definition) is 0. The maximum atomic E-state index is 12.9. The Hall–Kier alpha value is -3.21. The number of aromatic nitrogens is 2. The van der Waals surface area contributed by atoms with Crippen molar-refractivity contribution in [3.05, 3.63) is 82.1 Å². The Balaban J connectivity index is 2.16. The van der Waals surface area contributed by atoms with Gasteiger partial charge in [0.1, 0.15) is 5.75 Å². The van der Waals surface area contributed by atoms with Gasteiger partial charge in [-0.1, -0.05) is 42.5 Å². The maximum absolute atomic E-state index is 12.9. The molecule has 5 heteroatoms. The van der Waals surface area contributed by atoms with Crippen molar-refractivity contribution in [1.29, 1.82) is 0 Å². The van der Waals surface area contributed by atoms with E-state index in [1.807, 2.05) is 30.3 Å². The number of methoxy groups -OCH3 is 1. The summed E-state index contributed by atoms with van der Waals surface area (Å²) < 4.78 is 6.41. The van der Waals surface area contributed by atoms with Crippen LogP contribution in [0.1, 0.15) is 15.9 Å². The summed E-state index contributed by atoms with van der Waals surface area (Å²) in [5.74, 6) is 0.0512. The molecule has 1 heterocycles. The van der Waals surface area contributed by atoms with Gasteiger partial charge in [0.15, 0.2) is 0 Å². The molecule has 24 heavy (non-hydrogen) atoms. The lowest BCUT2D eigenvalue weighted by atomic mass is 10.0. The van der Waals surface area contributed by atoms with Crippen LogP contribution < -0.4 is 10.3 Å². The van der Waals surface area contributed by atoms with Crippen molar-refractivity contribution in [2.75, 3.05) is 7.11 Å². The van der Waals surface area contributed by atoms with Crippen LogP contribution in [0, 0.1) is 0 Å². The van der Waals surface area contributed by atoms with E-state index >= 15 is 0 Å². The minimum Gasteiger partial charge on any atom is -0.496 e. The van der Waals surface area contributed by atoms with Gasteiger partial charge in [-0.05, 0) is 18.2 Å². The van der Waals surface area contributed by atoms with Gasteiger partial charge in [-0.25, -0.2) is 4.68 Å². The molecular formula is C19H16N2O3. The molecule has 0 aliphatic rings. The maximum Gasteiger partial charge on any atom is 0.277 e. The van der Waals surface area contributed by atoms with Gasteiger partial charge in [0.25, 0.3) is 5.56 Å². The van der Waals surface area contributed by atoms with Gasteiger partial charge in [-0.3, -0.25) is 9.59 Å². The Kier molecular flexibility index (Phi) is 4.24. The van der Waals surface area contributed by atoms with Gasteiger partial charge in [-0.15, -0.1) is 0 Å². The summed E-state index contributed by atoms with van der Waals surface area (Å²) >= 11 is 0. The van der Waals surface area contributed by atoms with E-state index in [4.69, 9.17) is 4.74 Å². The van der Waals surface area contributed by atoms with Crippen LogP contribution in [0.5, 0.6) is 5.75 Å². The highest BCUT2D eigenvalue weighted by atomic mass is 16.5. The molecule has 0 fully saturated rings. The highest BCUT2D eigenvalue weighted by Crippen LogP contribution is 2.22. The molecule has 0 aliphatic heterocycles. The first-order chi connectivity index (χ1) is 11.6. The molecule has 1 aromatic heterocycles. The molecule has 0 saturated heterocycles. The highest BCUT2D eigenvalue weighted by molar-refractivity contribution is 6.10. The summed E-state index contributed by atoms with van der Waals surface area (Å²) in [6.45, 7) is 0. The smallest absolute Gasteiger partial charge is 0.277 e. The molecule has 0 N–H and O–H groups in total. The third-order valence-electron chi connectivity index (χ3n) is 3.73. The number of aryl methyl sites for hydroxylation is 1. The zero-order valence-electron chi connectivity index (χ0n) is 13.4. The van der Waals surface area contributed by atoms with E-state index in [1.54, 1.807) is 24.3 Å². The first-order valence-electron chi connectivity index (χ1n) is 7.43. The molecule has 120 valence electrons. The molecule has 0 unspecified atom stereocenters. The zero-order chi connectivity index (χ0) is 17.1. The molecule has 0 saturated carbocycles. The van der Waals surface area contributed by atoms with Crippen LogP contribution in [0.2, 0.25) is 0 Å². The summed E-state index contributed by atoms with van der Waals surface area (Å²) in [4.78, 5) is 25.3. The Bertz CT molecular complexity index is 946. The van der Waals surface area contributed by atoms with Gasteiger partial charge >= 0.3 is 0 Å². The molecular weight excluding hydrogens is 304 g/mol. The third kappa shape index (κ3) is 2.84. The van der Waals surface area contributed by atoms with Crippen LogP contribution in [0.15, 0.2) is 65.5 Å². The minimum absolute atomic E-state index is 0.0656. The minimum atomic E-state index is -0.439. The summed E-state index contributed by atoms with van der Waals surface area (Å²) in [6.07, 6.45) is 0. The van der Waals surface area contributed by atoms with Crippen molar-refractivity contribution in [3.63, 3.8) is 0 Å². The molecule has 0 spiro atoms. The number of carbonyl (C=O) groups is 1. The first-order valence-corrected chi connectivity index (χ1v) is 7.43. The van der Waals surface area contributed by atoms with Crippen molar-refractivity contribution >= 4 is 5.78 Å². The standard InChI is InChI=1S/C19H16N2O3/c1-21-19(23)15(12-16(20-21)13-8-4-3-5-9-13)18(22)14-10-6-7-11-17(14)24-2/h3-12H,1-2H3. The topological polar surface area (TPSA) is 61.2 Å². The lowest BCUT2D eigenvalue weighted by molar-refractivity contribution is 0.103. The van der Waals surface area contributed by atoms with Crippen LogP contribution in [0.25, 0.3) is 11.3 Å². The quantitative estimate of drug-likeness (QED) is 0.694. The second kappa shape index (κ2) is 6.50. The molecule has 0 aliphatic carbocycles. The average Bonchev–Trinajstić information content (AvgIpc) is 2.64. The van der Waals surface area contributed by atoms with E-state index < -0.39 is 5.56 Å². The normalized spacial score (nSPS) is 10.4. The summed E-state index contributed by atoms with van der Waals surface area (Å²) in [5.41, 5.74) is 1.38. The number of hydrogen-bond acceptors (Lipinski definition) is 4. The van der Waals surface area contributed by atoms with Gasteiger partial charge in [0, 0.05) is 12.6 Å². The fraction of sp³-hybridized carbons (Fsp3) is 0.105. The molecule has 0 bridgehead atoms. The Morgan fingerprint density at radius 3 is 2.38 bits per heavy atom. The average molecular weight is 320 g/mol. The number of nitrogens with zero attached hydrogens (tertiary/aromatic N) is 2. The van der Waals surface area contributed by atoms with Crippen LogP contribution in [-0.2, 0) is 7.05 Å². The van der Waals surface area contributed by atoms with Gasteiger partial charge in [-0.2, -0.15) is 5.10 Å². The lowest BCUT2D eigenvalue weighted by Gasteiger charge is -2.09. The number of para-hydroxylation sites is 1. The summed E-state index contributed by atoms with van der Waals surface area (Å²) in [7, 11) is 3.03. The fourth-order valence-corrected chi connectivity index (χ4v) is 2.50. The highest BCUT2D eigenvalue weighted by Gasteiger charge is 2.19. The van der Waals surface area contributed by atoms with E-state index in [0.717, 1.165) is 5.56 Å². The molecule has 2 aromatic carbocycles. The molecule has 5 nitrogen and oxygen atoms in total. The van der Waals surface area contributed by atoms with Gasteiger partial charge in [0.05, 0.1) is 23.9 Å². The van der Waals surface area contributed by atoms with Gasteiger partial charge in [0.2, 0.25) is 5.78 Å². The van der Waals surface area contributed by atoms with Gasteiger partial charge < -0.3 is 4.74 Å². The van der Waals surface area contributed by atoms with Crippen molar-refractivity contribution in [2.45, 2.75) is 0 Å². The first kappa shape index (κ1) is 15.7. The van der Waals surface area contributed by atoms with E-state index in [0.29, 0.717) is 17.0 Å². The molecule has 3 rings (SSSR count). The summed E-state index contributed by atoms with van der Waals surface area (Å²) in [6, 6.07) is 17.8. The molecule has 0 atom stereocenters. The molecule has 0 radical (unpaired) electrons. The van der Waals surface area contributed by atoms with Crippen molar-refractivity contribution in [2.24, 2.45) is 7.05 Å². The van der Waals surface area contributed by atoms with Crippen LogP contribution in [0.3, 0.4) is 0 Å². The second-order valence-electron chi connectivity index (χ2n) is 5.27. The van der Waals surface area contributed by atoms with Crippen LogP contribution in [-0.4, -0.2) is 22.7 Å². The van der Waals surface area contributed by atoms with E-state index in [9.17, 15) is 9.59 Å². The lowest BCUT2D eigenvalue weighted by Crippen LogP contribution is -2.27. The van der Waals surface area contributed by atoms with Crippen molar-refractivity contribution < 1.29 is 9.53 Å². The SMILES string of the molecule is COc1ccccc1C(=O)c1cc(-c2ccccc2)nn(C)c1=O. The monoisotopic (exact) mass is 320 g/mol. The zero-order valence-corrected chi connectivity index (χ0v) is 13.4. The van der Waals surface area contributed by atoms with E-state index in [2.05, 4.69) is 5.10 Å².